The molecule has 8 aliphatic heterocycles. The number of carbonyl (C=O) groups is 10. The number of hydrogen-bond donors (Lipinski definition) is 6. The van der Waals surface area contributed by atoms with Gasteiger partial charge in [-0.25, -0.2) is 19.4 Å². The van der Waals surface area contributed by atoms with Crippen molar-refractivity contribution in [1.82, 2.24) is 50.0 Å². The molecule has 122 heavy (non-hydrogen) atoms. The Morgan fingerprint density at radius 1 is 0.418 bits per heavy atom. The highest BCUT2D eigenvalue weighted by Crippen LogP contribution is 2.45. The number of ether oxygens (including phenoxy) is 10. The third-order valence-electron chi connectivity index (χ3n) is 22.5. The number of anilines is 2. The highest BCUT2D eigenvalue weighted by Gasteiger charge is 2.48. The van der Waals surface area contributed by atoms with Crippen LogP contribution in [0.4, 0.5) is 32.3 Å². The number of hydrogen-bond acceptors (Lipinski definition) is 24. The first-order chi connectivity index (χ1) is 59.1. The molecule has 6 N–H and O–H groups in total. The lowest BCUT2D eigenvalue weighted by Gasteiger charge is -2.31. The number of benzene rings is 4. The Kier molecular flexibility index (Phi) is 28.0. The van der Waals surface area contributed by atoms with Crippen LogP contribution in [0.25, 0.3) is 0 Å². The largest absolute Gasteiger partial charge is 0.493 e. The SMILES string of the molecule is C=CCOC(=O)N1c2cc(OCCCNC(=O)c3ccc(C(=O)NCCCOc4cc5c(cc4OC)C(=O)N4CCC[C@H]4[C@H](O)N5C(=O)OCC=C)n3C)c(OC)cc2C(=O)N2CCC[C@H]2[C@@H]1O.COc1cc2c(cc1OCCCNC(=O)c1ccc(C(=O)NCCCOc3cc4c(cc3OC)C(=O)N3CCC[C@H]3C=N4)n1C)N=C[C@@H]1CCCN1C2=O. The minimum Gasteiger partial charge on any atom is -0.493 e. The average molecular weight is 1680 g/mol. The van der Waals surface area contributed by atoms with Crippen molar-refractivity contribution < 1.29 is 106 Å². The number of aliphatic hydroxyl groups is 2. The molecule has 6 aromatic rings. The smallest absolute Gasteiger partial charge is 0.416 e. The summed E-state index contributed by atoms with van der Waals surface area (Å²) in [6.07, 6.45) is 9.76. The van der Waals surface area contributed by atoms with E-state index in [1.165, 1.54) is 81.6 Å². The summed E-state index contributed by atoms with van der Waals surface area (Å²) in [5.41, 5.74) is 3.74. The van der Waals surface area contributed by atoms with E-state index in [4.69, 9.17) is 47.4 Å². The molecule has 36 heteroatoms. The molecule has 14 rings (SSSR count). The van der Waals surface area contributed by atoms with Gasteiger partial charge in [0, 0.05) is 103 Å². The van der Waals surface area contributed by atoms with E-state index < -0.39 is 48.5 Å². The molecule has 8 aliphatic rings. The van der Waals surface area contributed by atoms with Crippen molar-refractivity contribution in [2.75, 3.05) is 130 Å². The molecule has 0 saturated carbocycles. The van der Waals surface area contributed by atoms with Crippen molar-refractivity contribution in [2.45, 2.75) is 114 Å². The number of nitrogens with zero attached hydrogens (tertiary/aromatic N) is 10. The Hall–Kier alpha value is -13.1. The number of rotatable bonds is 32. The van der Waals surface area contributed by atoms with Gasteiger partial charge in [0.2, 0.25) is 0 Å². The van der Waals surface area contributed by atoms with Crippen LogP contribution in [-0.4, -0.2) is 268 Å². The van der Waals surface area contributed by atoms with Gasteiger partial charge in [0.05, 0.1) is 124 Å². The van der Waals surface area contributed by atoms with Crippen molar-refractivity contribution in [2.24, 2.45) is 24.1 Å². The van der Waals surface area contributed by atoms with Crippen molar-refractivity contribution in [3.63, 3.8) is 0 Å². The summed E-state index contributed by atoms with van der Waals surface area (Å²) in [7, 11) is 9.15. The Morgan fingerprint density at radius 3 is 1.03 bits per heavy atom. The number of aromatic nitrogens is 2. The average Bonchev–Trinajstić information content (AvgIpc) is 1.59. The third-order valence-corrected chi connectivity index (χ3v) is 22.5. The van der Waals surface area contributed by atoms with E-state index in [9.17, 15) is 58.2 Å². The summed E-state index contributed by atoms with van der Waals surface area (Å²) in [5, 5.41) is 34.1. The normalized spacial score (nSPS) is 18.9. The van der Waals surface area contributed by atoms with Gasteiger partial charge in [-0.1, -0.05) is 25.3 Å². The third kappa shape index (κ3) is 18.4. The van der Waals surface area contributed by atoms with Crippen LogP contribution in [0.1, 0.15) is 160 Å². The lowest BCUT2D eigenvalue weighted by Crippen LogP contribution is -2.50. The maximum absolute atomic E-state index is 13.6. The van der Waals surface area contributed by atoms with Crippen LogP contribution < -0.4 is 69.0 Å². The van der Waals surface area contributed by atoms with E-state index in [0.717, 1.165) is 35.5 Å². The fourth-order valence-corrected chi connectivity index (χ4v) is 16.2. The molecule has 10 amide bonds. The predicted molar refractivity (Wildman–Crippen MR) is 445 cm³/mol. The predicted octanol–water partition coefficient (Wildman–Crippen LogP) is 7.65. The molecule has 2 aromatic heterocycles. The van der Waals surface area contributed by atoms with Crippen LogP contribution in [-0.2, 0) is 23.6 Å². The van der Waals surface area contributed by atoms with Gasteiger partial charge in [0.25, 0.3) is 47.3 Å². The van der Waals surface area contributed by atoms with Crippen molar-refractivity contribution in [3.8, 4) is 46.0 Å². The number of amides is 10. The van der Waals surface area contributed by atoms with Crippen LogP contribution in [0.3, 0.4) is 0 Å². The van der Waals surface area contributed by atoms with Gasteiger partial charge in [-0.15, -0.1) is 0 Å². The van der Waals surface area contributed by atoms with E-state index in [-0.39, 0.29) is 144 Å². The summed E-state index contributed by atoms with van der Waals surface area (Å²) in [6.45, 7) is 11.0. The van der Waals surface area contributed by atoms with Crippen LogP contribution in [0, 0.1) is 0 Å². The summed E-state index contributed by atoms with van der Waals surface area (Å²) in [4.78, 5) is 150. The van der Waals surface area contributed by atoms with Crippen molar-refractivity contribution in [3.05, 3.63) is 143 Å². The monoisotopic (exact) mass is 1680 g/mol. The fourth-order valence-electron chi connectivity index (χ4n) is 16.2. The second kappa shape index (κ2) is 39.4. The molecule has 36 nitrogen and oxygen atoms in total. The minimum atomic E-state index is -1.37. The molecule has 0 aliphatic carbocycles. The molecule has 0 unspecified atom stereocenters. The van der Waals surface area contributed by atoms with Gasteiger partial charge < -0.3 is 108 Å². The number of nitrogens with one attached hydrogen (secondary N) is 4. The summed E-state index contributed by atoms with van der Waals surface area (Å²) in [5.74, 6) is 0.381. The molecule has 0 bridgehead atoms. The van der Waals surface area contributed by atoms with Crippen LogP contribution >= 0.6 is 0 Å². The van der Waals surface area contributed by atoms with E-state index in [2.05, 4.69) is 44.4 Å². The molecule has 0 spiro atoms. The lowest BCUT2D eigenvalue weighted by molar-refractivity contribution is 0.0495. The second-order valence-electron chi connectivity index (χ2n) is 29.9. The number of methoxy groups -OCH3 is 4. The molecule has 6 atom stereocenters. The molecule has 4 fully saturated rings. The molecule has 648 valence electrons. The fraction of sp³-hybridized carbons (Fsp3) is 0.442. The van der Waals surface area contributed by atoms with Gasteiger partial charge in [0.1, 0.15) is 36.0 Å². The maximum Gasteiger partial charge on any atom is 0.416 e. The van der Waals surface area contributed by atoms with Crippen LogP contribution in [0.2, 0.25) is 0 Å². The molecule has 10 heterocycles. The molecule has 0 radical (unpaired) electrons. The Balaban J connectivity index is 0.000000216. The Bertz CT molecular complexity index is 4760. The number of aliphatic imine (C=N–C) groups is 2. The zero-order valence-electron chi connectivity index (χ0n) is 69.0. The van der Waals surface area contributed by atoms with E-state index in [0.29, 0.717) is 161 Å². The van der Waals surface area contributed by atoms with Crippen LogP contribution in [0.5, 0.6) is 46.0 Å². The van der Waals surface area contributed by atoms with Crippen LogP contribution in [0.15, 0.2) is 108 Å². The Labute approximate surface area is 704 Å². The van der Waals surface area contributed by atoms with Gasteiger partial charge in [-0.3, -0.25) is 48.3 Å². The highest BCUT2D eigenvalue weighted by atomic mass is 16.6. The zero-order chi connectivity index (χ0) is 86.4. The summed E-state index contributed by atoms with van der Waals surface area (Å²) in [6, 6.07) is 17.7. The minimum absolute atomic E-state index is 0.0102. The van der Waals surface area contributed by atoms with Gasteiger partial charge in [-0.2, -0.15) is 0 Å². The zero-order valence-corrected chi connectivity index (χ0v) is 69.0. The van der Waals surface area contributed by atoms with E-state index in [1.54, 1.807) is 64.9 Å². The number of carbonyl (C=O) groups excluding carboxylic acids is 10. The van der Waals surface area contributed by atoms with Crippen molar-refractivity contribution >= 4 is 94.6 Å². The molecule has 4 saturated heterocycles. The topological polar surface area (TPSA) is 406 Å². The number of fused-ring (bicyclic) bond motifs is 8. The molecule has 4 aromatic carbocycles. The molecular weight excluding hydrogens is 1580 g/mol. The quantitative estimate of drug-likeness (QED) is 0.0174. The van der Waals surface area contributed by atoms with Gasteiger partial charge in [0.15, 0.2) is 58.5 Å². The van der Waals surface area contributed by atoms with Gasteiger partial charge in [-0.05, 0) is 126 Å². The van der Waals surface area contributed by atoms with E-state index in [1.807, 2.05) is 22.2 Å². The maximum atomic E-state index is 13.6. The summed E-state index contributed by atoms with van der Waals surface area (Å²) < 4.78 is 59.7. The van der Waals surface area contributed by atoms with Crippen molar-refractivity contribution in [1.29, 1.82) is 0 Å². The number of aliphatic hydroxyl groups excluding tert-OH is 2. The lowest BCUT2D eigenvalue weighted by atomic mass is 10.1. The summed E-state index contributed by atoms with van der Waals surface area (Å²) >= 11 is 0. The standard InChI is InChI=1S/C47H57N7O14.C39H45N7O8/c1-6-20-67-46(61)53-34-26-38(36(63-4)24-28(34)42(57)51-18-8-12-32(51)44(53)59)65-22-10-16-48-40(55)30-14-15-31(50(30)3)41(56)49-17-11-23-66-39-27-35-29(25-37(39)64-5)43(58)52-19-9-13-33(52)45(60)54(35)47(62)68-21-7-2;1-44-30(36(47)40-12-6-16-53-34-20-28-26(18-32(34)51-2)38(49)45-14-4-8-24(45)22-42-28)10-11-31(44)37(48)41-13-7-17-54-35-21-29-27(19-33(35)52-3)39(50)46-15-5-9-25(46)23-43-29/h6-7,14-15,24-27,32-33,44-45,59-60H,1-2,8-13,16-23H2,3-5H3,(H,48,55)(H,49,56);10-11,18-25H,4-9,12-17H2,1-3H3,(H,40,47)(H,41,48)/t32-,33-,44-,45-;24-,25-/m00/s1. The van der Waals surface area contributed by atoms with Gasteiger partial charge >= 0.3 is 12.2 Å². The highest BCUT2D eigenvalue weighted by molar-refractivity contribution is 6.09. The second-order valence-corrected chi connectivity index (χ2v) is 29.9. The first-order valence-electron chi connectivity index (χ1n) is 40.8. The molecular formula is C86H102N14O22. The first-order valence-corrected chi connectivity index (χ1v) is 40.8. The first kappa shape index (κ1) is 86.7. The Morgan fingerprint density at radius 2 is 0.713 bits per heavy atom. The van der Waals surface area contributed by atoms with E-state index >= 15 is 0 Å².